The lowest BCUT2D eigenvalue weighted by Crippen LogP contribution is -2.44. The van der Waals surface area contributed by atoms with Crippen LogP contribution >= 0.6 is 11.8 Å². The molecule has 0 saturated heterocycles. The van der Waals surface area contributed by atoms with E-state index in [1.54, 1.807) is 18.7 Å². The Labute approximate surface area is 129 Å². The minimum atomic E-state index is -0.791. The minimum Gasteiger partial charge on any atom is -0.388 e. The van der Waals surface area contributed by atoms with Crippen LogP contribution < -0.4 is 10.6 Å². The molecule has 1 aromatic carbocycles. The van der Waals surface area contributed by atoms with Crippen molar-refractivity contribution in [1.29, 1.82) is 0 Å². The van der Waals surface area contributed by atoms with Crippen molar-refractivity contribution < 1.29 is 14.3 Å². The van der Waals surface area contributed by atoms with E-state index in [-0.39, 0.29) is 24.2 Å². The number of hydrogen-bond acceptors (Lipinski definition) is 4. The van der Waals surface area contributed by atoms with Gasteiger partial charge in [0.2, 0.25) is 5.91 Å². The van der Waals surface area contributed by atoms with Gasteiger partial charge in [0.1, 0.15) is 5.82 Å². The van der Waals surface area contributed by atoms with Gasteiger partial charge in [-0.2, -0.15) is 11.8 Å². The lowest BCUT2D eigenvalue weighted by Gasteiger charge is -2.25. The maximum absolute atomic E-state index is 12.8. The van der Waals surface area contributed by atoms with Crippen LogP contribution in [0.3, 0.4) is 0 Å². The minimum absolute atomic E-state index is 0.0567. The zero-order valence-corrected chi connectivity index (χ0v) is 13.5. The molecule has 2 atom stereocenters. The lowest BCUT2D eigenvalue weighted by molar-refractivity contribution is -0.116. The molecule has 0 radical (unpaired) electrons. The molecule has 1 rings (SSSR count). The number of benzene rings is 1. The summed E-state index contributed by atoms with van der Waals surface area (Å²) in [4.78, 5) is 11.8. The Morgan fingerprint density at radius 1 is 1.43 bits per heavy atom. The Kier molecular flexibility index (Phi) is 7.14. The van der Waals surface area contributed by atoms with Crippen LogP contribution in [-0.4, -0.2) is 41.2 Å². The van der Waals surface area contributed by atoms with Gasteiger partial charge in [0.15, 0.2) is 0 Å². The Morgan fingerprint density at radius 2 is 2.05 bits per heavy atom. The van der Waals surface area contributed by atoms with Gasteiger partial charge in [-0.05, 0) is 44.4 Å². The van der Waals surface area contributed by atoms with Crippen LogP contribution in [0.1, 0.15) is 20.3 Å². The normalized spacial score (nSPS) is 15.3. The van der Waals surface area contributed by atoms with Crippen LogP contribution in [0.15, 0.2) is 24.3 Å². The van der Waals surface area contributed by atoms with Crippen LogP contribution in [0.4, 0.5) is 10.1 Å². The average molecular weight is 314 g/mol. The molecule has 0 aromatic heterocycles. The molecule has 0 bridgehead atoms. The fourth-order valence-electron chi connectivity index (χ4n) is 1.85. The van der Waals surface area contributed by atoms with Crippen molar-refractivity contribution in [3.8, 4) is 0 Å². The Hall–Kier alpha value is -1.11. The quantitative estimate of drug-likeness (QED) is 0.689. The van der Waals surface area contributed by atoms with Gasteiger partial charge < -0.3 is 15.7 Å². The van der Waals surface area contributed by atoms with E-state index in [0.29, 0.717) is 18.0 Å². The van der Waals surface area contributed by atoms with Gasteiger partial charge in [0.05, 0.1) is 5.60 Å². The molecule has 4 nitrogen and oxygen atoms in total. The number of halogens is 1. The molecule has 0 heterocycles. The van der Waals surface area contributed by atoms with Crippen LogP contribution in [0.2, 0.25) is 0 Å². The Balaban J connectivity index is 2.35. The van der Waals surface area contributed by atoms with E-state index in [0.717, 1.165) is 0 Å². The number of carbonyl (C=O) groups excluding carboxylic acids is 1. The standard InChI is InChI=1S/C15H23FN2O2S/c1-11(17-9-15(2,20)10-21-3)8-14(19)18-13-6-4-12(16)5-7-13/h4-7,11,17,20H,8-10H2,1-3H3,(H,18,19)/t11-,15+/m1/s1. The molecular formula is C15H23FN2O2S. The second-order valence-electron chi connectivity index (χ2n) is 5.47. The molecule has 0 aliphatic rings. The molecule has 1 amide bonds. The topological polar surface area (TPSA) is 61.4 Å². The number of nitrogens with one attached hydrogen (secondary N) is 2. The van der Waals surface area contributed by atoms with Crippen molar-refractivity contribution >= 4 is 23.4 Å². The first kappa shape index (κ1) is 17.9. The SMILES string of the molecule is CSC[C@@](C)(O)CN[C@H](C)CC(=O)Nc1ccc(F)cc1. The number of aliphatic hydroxyl groups is 1. The fourth-order valence-corrected chi connectivity index (χ4v) is 2.58. The predicted molar refractivity (Wildman–Crippen MR) is 86.1 cm³/mol. The third-order valence-corrected chi connectivity index (χ3v) is 3.82. The van der Waals surface area contributed by atoms with Crippen molar-refractivity contribution in [2.24, 2.45) is 0 Å². The number of thioether (sulfide) groups is 1. The summed E-state index contributed by atoms with van der Waals surface area (Å²) in [5.41, 5.74) is -0.218. The third kappa shape index (κ3) is 7.45. The first-order valence-electron chi connectivity index (χ1n) is 6.82. The van der Waals surface area contributed by atoms with Crippen LogP contribution in [-0.2, 0) is 4.79 Å². The molecule has 0 unspecified atom stereocenters. The maximum atomic E-state index is 12.8. The Bertz CT molecular complexity index is 451. The molecule has 1 aromatic rings. The summed E-state index contributed by atoms with van der Waals surface area (Å²) in [6.45, 7) is 4.08. The summed E-state index contributed by atoms with van der Waals surface area (Å²) in [6, 6.07) is 5.59. The van der Waals surface area contributed by atoms with Crippen molar-refractivity contribution in [2.45, 2.75) is 31.9 Å². The molecular weight excluding hydrogens is 291 g/mol. The highest BCUT2D eigenvalue weighted by molar-refractivity contribution is 7.98. The van der Waals surface area contributed by atoms with Crippen molar-refractivity contribution in [3.63, 3.8) is 0 Å². The van der Waals surface area contributed by atoms with Gasteiger partial charge in [-0.3, -0.25) is 4.79 Å². The zero-order valence-electron chi connectivity index (χ0n) is 12.6. The van der Waals surface area contributed by atoms with E-state index in [2.05, 4.69) is 10.6 Å². The van der Waals surface area contributed by atoms with E-state index in [1.807, 2.05) is 13.2 Å². The van der Waals surface area contributed by atoms with Crippen molar-refractivity contribution in [3.05, 3.63) is 30.1 Å². The smallest absolute Gasteiger partial charge is 0.225 e. The first-order valence-corrected chi connectivity index (χ1v) is 8.22. The monoisotopic (exact) mass is 314 g/mol. The van der Waals surface area contributed by atoms with Gasteiger partial charge in [0.25, 0.3) is 0 Å². The summed E-state index contributed by atoms with van der Waals surface area (Å²) in [6.07, 6.45) is 2.22. The zero-order chi connectivity index (χ0) is 15.9. The van der Waals surface area contributed by atoms with E-state index in [9.17, 15) is 14.3 Å². The van der Waals surface area contributed by atoms with E-state index in [4.69, 9.17) is 0 Å². The van der Waals surface area contributed by atoms with Gasteiger partial charge in [-0.25, -0.2) is 4.39 Å². The second kappa shape index (κ2) is 8.36. The molecule has 118 valence electrons. The van der Waals surface area contributed by atoms with E-state index in [1.165, 1.54) is 24.3 Å². The van der Waals surface area contributed by atoms with Gasteiger partial charge in [-0.1, -0.05) is 0 Å². The first-order chi connectivity index (χ1) is 9.82. The van der Waals surface area contributed by atoms with E-state index >= 15 is 0 Å². The van der Waals surface area contributed by atoms with Crippen LogP contribution in [0.25, 0.3) is 0 Å². The highest BCUT2D eigenvalue weighted by Crippen LogP contribution is 2.11. The highest BCUT2D eigenvalue weighted by Gasteiger charge is 2.20. The molecule has 0 aliphatic heterocycles. The van der Waals surface area contributed by atoms with Crippen LogP contribution in [0.5, 0.6) is 0 Å². The summed E-state index contributed by atoms with van der Waals surface area (Å²) >= 11 is 1.58. The maximum Gasteiger partial charge on any atom is 0.225 e. The summed E-state index contributed by atoms with van der Waals surface area (Å²) in [5.74, 6) is 0.152. The predicted octanol–water partition coefficient (Wildman–Crippen LogP) is 2.25. The molecule has 6 heteroatoms. The third-order valence-electron chi connectivity index (χ3n) is 2.91. The molecule has 0 fully saturated rings. The summed E-state index contributed by atoms with van der Waals surface area (Å²) < 4.78 is 12.8. The average Bonchev–Trinajstić information content (AvgIpc) is 2.39. The molecule has 3 N–H and O–H groups in total. The largest absolute Gasteiger partial charge is 0.388 e. The number of anilines is 1. The van der Waals surface area contributed by atoms with Gasteiger partial charge in [-0.15, -0.1) is 0 Å². The molecule has 0 aliphatic carbocycles. The number of carbonyl (C=O) groups is 1. The summed E-state index contributed by atoms with van der Waals surface area (Å²) in [7, 11) is 0. The van der Waals surface area contributed by atoms with Crippen LogP contribution in [0, 0.1) is 5.82 Å². The lowest BCUT2D eigenvalue weighted by atomic mass is 10.1. The number of rotatable bonds is 8. The molecule has 0 spiro atoms. The second-order valence-corrected chi connectivity index (χ2v) is 6.34. The van der Waals surface area contributed by atoms with Gasteiger partial charge in [0, 0.05) is 30.4 Å². The Morgan fingerprint density at radius 3 is 2.62 bits per heavy atom. The van der Waals surface area contributed by atoms with E-state index < -0.39 is 5.60 Å². The number of amides is 1. The van der Waals surface area contributed by atoms with Crippen molar-refractivity contribution in [1.82, 2.24) is 5.32 Å². The number of hydrogen-bond donors (Lipinski definition) is 3. The molecule has 0 saturated carbocycles. The van der Waals surface area contributed by atoms with Gasteiger partial charge >= 0.3 is 0 Å². The van der Waals surface area contributed by atoms with Crippen molar-refractivity contribution in [2.75, 3.05) is 23.9 Å². The highest BCUT2D eigenvalue weighted by atomic mass is 32.2. The fraction of sp³-hybridized carbons (Fsp3) is 0.533. The summed E-state index contributed by atoms with van der Waals surface area (Å²) in [5, 5.41) is 15.9. The molecule has 21 heavy (non-hydrogen) atoms.